The van der Waals surface area contributed by atoms with Crippen LogP contribution in [0.4, 0.5) is 10.1 Å². The maximum absolute atomic E-state index is 13.3. The van der Waals surface area contributed by atoms with Crippen LogP contribution >= 0.6 is 0 Å². The van der Waals surface area contributed by atoms with Crippen LogP contribution in [0.1, 0.15) is 22.8 Å². The molecule has 1 heterocycles. The van der Waals surface area contributed by atoms with E-state index in [1.54, 1.807) is 37.3 Å². The molecule has 7 heteroatoms. The number of nitrogens with zero attached hydrogens (tertiary/aromatic N) is 1. The van der Waals surface area contributed by atoms with Crippen LogP contribution in [0.2, 0.25) is 0 Å². The zero-order valence-corrected chi connectivity index (χ0v) is 16.1. The highest BCUT2D eigenvalue weighted by Gasteiger charge is 2.37. The van der Waals surface area contributed by atoms with Crippen molar-refractivity contribution in [2.45, 2.75) is 6.92 Å². The highest BCUT2D eigenvalue weighted by Crippen LogP contribution is 2.35. The van der Waals surface area contributed by atoms with E-state index in [1.807, 2.05) is 0 Å². The van der Waals surface area contributed by atoms with E-state index in [1.165, 1.54) is 43.4 Å². The van der Waals surface area contributed by atoms with Crippen molar-refractivity contribution in [1.82, 2.24) is 0 Å². The van der Waals surface area contributed by atoms with Crippen molar-refractivity contribution in [2.24, 2.45) is 0 Å². The average molecular weight is 395 g/mol. The number of carbonyl (C=O) groups is 3. The van der Waals surface area contributed by atoms with Gasteiger partial charge in [-0.15, -0.1) is 0 Å². The Morgan fingerprint density at radius 3 is 2.07 bits per heavy atom. The van der Waals surface area contributed by atoms with E-state index in [0.717, 1.165) is 0 Å². The van der Waals surface area contributed by atoms with Gasteiger partial charge in [0.15, 0.2) is 0 Å². The largest absolute Gasteiger partial charge is 0.465 e. The van der Waals surface area contributed by atoms with Crippen LogP contribution in [0, 0.1) is 5.82 Å². The monoisotopic (exact) mass is 395 g/mol. The summed E-state index contributed by atoms with van der Waals surface area (Å²) in [4.78, 5) is 38.4. The van der Waals surface area contributed by atoms with Crippen molar-refractivity contribution in [1.29, 1.82) is 0 Å². The van der Waals surface area contributed by atoms with Crippen molar-refractivity contribution in [3.63, 3.8) is 0 Å². The summed E-state index contributed by atoms with van der Waals surface area (Å²) in [7, 11) is 2.52. The first-order chi connectivity index (χ1) is 13.9. The molecule has 0 saturated carbocycles. The molecule has 0 spiro atoms. The number of ether oxygens (including phenoxy) is 2. The first-order valence-corrected chi connectivity index (χ1v) is 8.67. The Kier molecular flexibility index (Phi) is 5.59. The summed E-state index contributed by atoms with van der Waals surface area (Å²) >= 11 is 0. The number of anilines is 1. The molecule has 0 unspecified atom stereocenters. The zero-order chi connectivity index (χ0) is 21.1. The van der Waals surface area contributed by atoms with Crippen LogP contribution in [0.5, 0.6) is 0 Å². The number of rotatable bonds is 4. The van der Waals surface area contributed by atoms with Gasteiger partial charge in [0.05, 0.1) is 30.9 Å². The molecule has 3 rings (SSSR count). The number of hydrogen-bond donors (Lipinski definition) is 0. The molecule has 148 valence electrons. The lowest BCUT2D eigenvalue weighted by Crippen LogP contribution is -2.24. The molecule has 0 aromatic heterocycles. The summed E-state index contributed by atoms with van der Waals surface area (Å²) < 4.78 is 22.8. The van der Waals surface area contributed by atoms with Crippen molar-refractivity contribution < 1.29 is 28.2 Å². The summed E-state index contributed by atoms with van der Waals surface area (Å²) in [5.74, 6) is -2.00. The number of methoxy groups -OCH3 is 2. The van der Waals surface area contributed by atoms with E-state index in [0.29, 0.717) is 22.5 Å². The van der Waals surface area contributed by atoms with Gasteiger partial charge in [-0.25, -0.2) is 14.0 Å². The van der Waals surface area contributed by atoms with E-state index in [2.05, 4.69) is 4.74 Å². The zero-order valence-electron chi connectivity index (χ0n) is 16.1. The van der Waals surface area contributed by atoms with Crippen LogP contribution < -0.4 is 4.90 Å². The van der Waals surface area contributed by atoms with Gasteiger partial charge < -0.3 is 9.47 Å². The highest BCUT2D eigenvalue weighted by atomic mass is 19.1. The summed E-state index contributed by atoms with van der Waals surface area (Å²) in [6.07, 6.45) is 1.54. The van der Waals surface area contributed by atoms with E-state index in [9.17, 15) is 18.8 Å². The van der Waals surface area contributed by atoms with Gasteiger partial charge in [0.25, 0.3) is 5.91 Å². The predicted molar refractivity (Wildman–Crippen MR) is 104 cm³/mol. The second-order valence-electron chi connectivity index (χ2n) is 6.24. The normalized spacial score (nSPS) is 15.1. The summed E-state index contributed by atoms with van der Waals surface area (Å²) in [5.41, 5.74) is 2.05. The molecule has 0 atom stereocenters. The molecule has 6 nitrogen and oxygen atoms in total. The number of allylic oxidation sites excluding steroid dienone is 1. The van der Waals surface area contributed by atoms with Crippen molar-refractivity contribution in [3.05, 3.63) is 82.3 Å². The van der Waals surface area contributed by atoms with Crippen LogP contribution in [-0.4, -0.2) is 32.1 Å². The maximum Gasteiger partial charge on any atom is 0.340 e. The number of benzene rings is 2. The Morgan fingerprint density at radius 2 is 1.52 bits per heavy atom. The maximum atomic E-state index is 13.3. The van der Waals surface area contributed by atoms with Crippen LogP contribution in [-0.2, 0) is 19.1 Å². The fourth-order valence-corrected chi connectivity index (χ4v) is 3.08. The van der Waals surface area contributed by atoms with Gasteiger partial charge in [0, 0.05) is 11.4 Å². The SMILES string of the molecule is COC(=O)C1=C(C)N(c2ccc(F)cc2)C(=O)/C1=C\c1ccc(C(=O)OC)cc1. The lowest BCUT2D eigenvalue weighted by Gasteiger charge is -2.17. The Bertz CT molecular complexity index is 1040. The lowest BCUT2D eigenvalue weighted by atomic mass is 10.0. The van der Waals surface area contributed by atoms with Crippen LogP contribution in [0.25, 0.3) is 6.08 Å². The molecule has 0 saturated heterocycles. The Balaban J connectivity index is 2.06. The highest BCUT2D eigenvalue weighted by molar-refractivity contribution is 6.23. The predicted octanol–water partition coefficient (Wildman–Crippen LogP) is 3.49. The van der Waals surface area contributed by atoms with Crippen LogP contribution in [0.15, 0.2) is 65.4 Å². The molecular formula is C22H18FNO5. The standard InChI is InChI=1S/C22H18FNO5/c1-13-19(22(27)29-3)18(12-14-4-6-15(7-5-14)21(26)28-2)20(25)24(13)17-10-8-16(23)9-11-17/h4-12H,1-3H3/b18-12-. The Hall–Kier alpha value is -3.74. The van der Waals surface area contributed by atoms with E-state index < -0.39 is 23.7 Å². The number of hydrogen-bond acceptors (Lipinski definition) is 5. The fraction of sp³-hybridized carbons (Fsp3) is 0.136. The summed E-state index contributed by atoms with van der Waals surface area (Å²) in [6.45, 7) is 1.62. The third-order valence-electron chi connectivity index (χ3n) is 4.52. The first kappa shape index (κ1) is 20.0. The van der Waals surface area contributed by atoms with Crippen molar-refractivity contribution >= 4 is 29.6 Å². The number of esters is 2. The number of halogens is 1. The molecule has 0 N–H and O–H groups in total. The van der Waals surface area contributed by atoms with Gasteiger partial charge in [-0.1, -0.05) is 12.1 Å². The minimum absolute atomic E-state index is 0.124. The quantitative estimate of drug-likeness (QED) is 0.585. The first-order valence-electron chi connectivity index (χ1n) is 8.67. The van der Waals surface area contributed by atoms with Gasteiger partial charge in [-0.3, -0.25) is 9.69 Å². The minimum Gasteiger partial charge on any atom is -0.465 e. The lowest BCUT2D eigenvalue weighted by molar-refractivity contribution is -0.136. The number of carbonyl (C=O) groups excluding carboxylic acids is 3. The Morgan fingerprint density at radius 1 is 0.931 bits per heavy atom. The Labute approximate surface area is 166 Å². The van der Waals surface area contributed by atoms with Crippen LogP contribution in [0.3, 0.4) is 0 Å². The third-order valence-corrected chi connectivity index (χ3v) is 4.52. The molecule has 1 aliphatic rings. The van der Waals surface area contributed by atoms with E-state index in [4.69, 9.17) is 4.74 Å². The average Bonchev–Trinajstić information content (AvgIpc) is 2.98. The molecule has 0 fully saturated rings. The van der Waals surface area contributed by atoms with E-state index in [-0.39, 0.29) is 11.1 Å². The van der Waals surface area contributed by atoms with E-state index >= 15 is 0 Å². The molecule has 2 aromatic rings. The van der Waals surface area contributed by atoms with Gasteiger partial charge in [-0.05, 0) is 55.0 Å². The summed E-state index contributed by atoms with van der Waals surface area (Å²) in [6, 6.07) is 11.8. The van der Waals surface area contributed by atoms with Gasteiger partial charge in [-0.2, -0.15) is 0 Å². The molecule has 0 bridgehead atoms. The molecule has 0 radical (unpaired) electrons. The molecule has 2 aromatic carbocycles. The smallest absolute Gasteiger partial charge is 0.340 e. The fourth-order valence-electron chi connectivity index (χ4n) is 3.08. The molecule has 0 aliphatic carbocycles. The van der Waals surface area contributed by atoms with Gasteiger partial charge in [0.2, 0.25) is 0 Å². The van der Waals surface area contributed by atoms with Crippen molar-refractivity contribution in [3.8, 4) is 0 Å². The molecule has 1 aliphatic heterocycles. The van der Waals surface area contributed by atoms with Crippen molar-refractivity contribution in [2.75, 3.05) is 19.1 Å². The molecule has 29 heavy (non-hydrogen) atoms. The molecular weight excluding hydrogens is 377 g/mol. The third kappa shape index (κ3) is 3.80. The minimum atomic E-state index is -0.655. The topological polar surface area (TPSA) is 72.9 Å². The summed E-state index contributed by atoms with van der Waals surface area (Å²) in [5, 5.41) is 0. The second-order valence-corrected chi connectivity index (χ2v) is 6.24. The number of amides is 1. The second kappa shape index (κ2) is 8.10. The van der Waals surface area contributed by atoms with Gasteiger partial charge in [0.1, 0.15) is 5.82 Å². The van der Waals surface area contributed by atoms with Gasteiger partial charge >= 0.3 is 11.9 Å². The molecule has 1 amide bonds.